The van der Waals surface area contributed by atoms with Crippen molar-refractivity contribution >= 4 is 108 Å². The minimum Gasteiger partial charge on any atom is -0.246 e. The van der Waals surface area contributed by atoms with Crippen molar-refractivity contribution in [1.82, 2.24) is 0 Å². The summed E-state index contributed by atoms with van der Waals surface area (Å²) in [6, 6.07) is 85.3. The van der Waals surface area contributed by atoms with Gasteiger partial charge < -0.3 is 0 Å². The van der Waals surface area contributed by atoms with E-state index in [1.54, 1.807) is 120 Å². The summed E-state index contributed by atoms with van der Waals surface area (Å²) in [5.74, 6) is -5.57. The molecular formula is C124H112F16. The monoisotopic (exact) mass is 1900 g/mol. The highest BCUT2D eigenvalue weighted by molar-refractivity contribution is 5.93. The average Bonchev–Trinajstić information content (AvgIpc) is 1.22. The molecule has 0 aliphatic carbocycles. The van der Waals surface area contributed by atoms with Gasteiger partial charge in [0, 0.05) is 27.3 Å². The summed E-state index contributed by atoms with van der Waals surface area (Å²) >= 11 is 0. The van der Waals surface area contributed by atoms with Crippen LogP contribution in [0.1, 0.15) is 146 Å². The number of hydrogen-bond donors (Lipinski definition) is 0. The number of benzene rings is 20. The number of halogens is 16. The second-order valence-electron chi connectivity index (χ2n) is 36.3. The first-order valence-corrected chi connectivity index (χ1v) is 45.7. The summed E-state index contributed by atoms with van der Waals surface area (Å²) in [5, 5.41) is 14.8. The SMILES string of the molecule is Cc1cc(C(F)F)c2cc(C)ccc2c1.Cc1cc(CF)c2cc(C)ccc2c1.Cc1cc(F)c2c(F)c(C)ccc2c1.Cc1cc(F)c2cc(C)ccc2c1.Cc1cc2ccc(C)c(F)c2c(F)c1F.Cc1ccc2c(C(F)F)c(C)ccc2c1.Cc1ccc2c(CF)c(C)ccc2c1.Cc1ccc2c(F)c(C)ccc2c1.Cc1ccc2cc(C)c(F)c(F)c2c1.Cc1ccc2cc(C)c(F)cc2c1. The standard InChI is InChI=1S/2C13H12F2.2C13H13F.C12H9F3.2C12H10F2.3C12H11F/c1-8-3-6-11-10(7-8)5-4-9(2)12(11)13(14)15;1-8-3-4-10-5-9(2)7-12(13(14)15)11(10)6-8;1-9-3-6-12-11(7-9)5-4-10(2)13(12)8-14;1-9-3-4-11-5-10(2)6-12(8-14)13(11)7-9;1-6-3-4-8-5-7(2)11(14)12(15)9(8)10(6)13;1-7-5-9-4-3-8(2)12(14)11(9)10(13)6-7;1-7-3-4-9-6-8(2)11(13)12(14)10(9)5-7;1-8-3-6-11-10(7-8)5-4-9(2)12(11)13;1-8-3-4-10-5-9(2)7-12(13)11(10)6-8;1-8-3-4-10-6-9(2)12(13)7-11(10)5-8/h2*3-7,13H,1-2H3;2*3-7H,8H2,1-2H3;3-5H,1-2H3;2*3-6H,1-2H3;3*3-7H,1-2H3. The van der Waals surface area contributed by atoms with Gasteiger partial charge in [-0.3, -0.25) is 0 Å². The smallest absolute Gasteiger partial charge is 0.246 e. The quantitative estimate of drug-likeness (QED) is 0.154. The van der Waals surface area contributed by atoms with E-state index in [9.17, 15) is 70.2 Å². The Labute approximate surface area is 808 Å². The van der Waals surface area contributed by atoms with Gasteiger partial charge in [-0.1, -0.05) is 280 Å². The Kier molecular flexibility index (Phi) is 35.7. The maximum absolute atomic E-state index is 13.6. The minimum absolute atomic E-state index is 0.0931. The fourth-order valence-corrected chi connectivity index (χ4v) is 16.7. The molecule has 0 nitrogen and oxygen atoms in total. The van der Waals surface area contributed by atoms with Crippen molar-refractivity contribution < 1.29 is 70.2 Å². The molecule has 0 aromatic heterocycles. The zero-order chi connectivity index (χ0) is 102. The van der Waals surface area contributed by atoms with Crippen LogP contribution >= 0.6 is 0 Å². The first-order valence-electron chi connectivity index (χ1n) is 45.7. The van der Waals surface area contributed by atoms with E-state index in [0.717, 1.165) is 132 Å². The first kappa shape index (κ1) is 106. The van der Waals surface area contributed by atoms with Crippen molar-refractivity contribution in [2.75, 3.05) is 0 Å². The molecule has 0 spiro atoms. The van der Waals surface area contributed by atoms with Gasteiger partial charge in [0.2, 0.25) is 0 Å². The van der Waals surface area contributed by atoms with E-state index < -0.39 is 53.6 Å². The van der Waals surface area contributed by atoms with Gasteiger partial charge in [0.15, 0.2) is 23.3 Å². The second-order valence-corrected chi connectivity index (χ2v) is 36.3. The Morgan fingerprint density at radius 3 is 1.04 bits per heavy atom. The van der Waals surface area contributed by atoms with Crippen molar-refractivity contribution in [3.8, 4) is 0 Å². The number of fused-ring (bicyclic) bond motifs is 10. The van der Waals surface area contributed by atoms with Gasteiger partial charge in [-0.25, -0.2) is 70.2 Å². The molecule has 0 heterocycles. The van der Waals surface area contributed by atoms with Crippen molar-refractivity contribution in [2.24, 2.45) is 0 Å². The lowest BCUT2D eigenvalue weighted by Crippen LogP contribution is -1.95. The Bertz CT molecular complexity index is 7910. The lowest BCUT2D eigenvalue weighted by molar-refractivity contribution is 0.152. The molecule has 0 amide bonds. The molecular weight excluding hydrogens is 1790 g/mol. The van der Waals surface area contributed by atoms with Gasteiger partial charge >= 0.3 is 0 Å². The van der Waals surface area contributed by atoms with E-state index >= 15 is 0 Å². The fourth-order valence-electron chi connectivity index (χ4n) is 16.7. The molecule has 0 aliphatic rings. The molecule has 0 N–H and O–H groups in total. The number of rotatable bonds is 4. The summed E-state index contributed by atoms with van der Waals surface area (Å²) in [7, 11) is 0. The minimum atomic E-state index is -2.41. The zero-order valence-electron chi connectivity index (χ0n) is 82.2. The van der Waals surface area contributed by atoms with Crippen LogP contribution in [0.5, 0.6) is 0 Å². The molecule has 0 unspecified atom stereocenters. The van der Waals surface area contributed by atoms with E-state index in [1.807, 2.05) is 234 Å². The van der Waals surface area contributed by atoms with Crippen LogP contribution in [0.25, 0.3) is 108 Å². The van der Waals surface area contributed by atoms with Crippen LogP contribution in [0.4, 0.5) is 70.2 Å². The molecule has 0 radical (unpaired) electrons. The molecule has 0 saturated carbocycles. The van der Waals surface area contributed by atoms with E-state index in [-0.39, 0.29) is 58.3 Å². The molecule has 0 saturated heterocycles. The van der Waals surface area contributed by atoms with Crippen molar-refractivity contribution in [3.05, 3.63) is 471 Å². The van der Waals surface area contributed by atoms with Crippen LogP contribution in [-0.4, -0.2) is 0 Å². The maximum atomic E-state index is 13.6. The highest BCUT2D eigenvalue weighted by Gasteiger charge is 2.20. The van der Waals surface area contributed by atoms with Gasteiger partial charge in [0.25, 0.3) is 12.9 Å². The Morgan fingerprint density at radius 1 is 0.179 bits per heavy atom. The van der Waals surface area contributed by atoms with E-state index in [4.69, 9.17) is 0 Å². The normalized spacial score (nSPS) is 10.9. The molecule has 16 heteroatoms. The van der Waals surface area contributed by atoms with Crippen LogP contribution < -0.4 is 0 Å². The summed E-state index contributed by atoms with van der Waals surface area (Å²) < 4.78 is 211. The largest absolute Gasteiger partial charge is 0.264 e. The number of alkyl halides is 6. The fraction of sp³-hybridized carbons (Fsp3) is 0.194. The van der Waals surface area contributed by atoms with Crippen LogP contribution in [0.2, 0.25) is 0 Å². The molecule has 140 heavy (non-hydrogen) atoms. The lowest BCUT2D eigenvalue weighted by atomic mass is 9.99. The van der Waals surface area contributed by atoms with Gasteiger partial charge in [0.1, 0.15) is 48.3 Å². The zero-order valence-corrected chi connectivity index (χ0v) is 82.2. The van der Waals surface area contributed by atoms with E-state index in [0.29, 0.717) is 71.1 Å². The molecule has 20 aromatic rings. The summed E-state index contributed by atoms with van der Waals surface area (Å²) in [6.07, 6.45) is -4.81. The lowest BCUT2D eigenvalue weighted by Gasteiger charge is -2.09. The van der Waals surface area contributed by atoms with Crippen LogP contribution in [0.3, 0.4) is 0 Å². The molecule has 0 atom stereocenters. The average molecular weight is 1910 g/mol. The first-order chi connectivity index (χ1) is 66.3. The third kappa shape index (κ3) is 26.3. The summed E-state index contributed by atoms with van der Waals surface area (Å²) in [5.41, 5.74) is 18.9. The Hall–Kier alpha value is -14.1. The van der Waals surface area contributed by atoms with Gasteiger partial charge in [-0.05, 0) is 341 Å². The van der Waals surface area contributed by atoms with Crippen LogP contribution in [0, 0.1) is 197 Å². The third-order valence-corrected chi connectivity index (χ3v) is 24.3. The number of aryl methyl sites for hydroxylation is 20. The van der Waals surface area contributed by atoms with Crippen LogP contribution in [0.15, 0.2) is 279 Å². The van der Waals surface area contributed by atoms with Crippen molar-refractivity contribution in [2.45, 2.75) is 165 Å². The van der Waals surface area contributed by atoms with Crippen molar-refractivity contribution in [3.63, 3.8) is 0 Å². The highest BCUT2D eigenvalue weighted by atomic mass is 19.3. The highest BCUT2D eigenvalue weighted by Crippen LogP contribution is 2.36. The predicted octanol–water partition coefficient (Wildman–Crippen LogP) is 38.8. The third-order valence-electron chi connectivity index (χ3n) is 24.3. The Morgan fingerprint density at radius 2 is 0.514 bits per heavy atom. The van der Waals surface area contributed by atoms with E-state index in [2.05, 4.69) is 37.3 Å². The topological polar surface area (TPSA) is 0 Å². The second kappa shape index (κ2) is 47.0. The molecule has 20 aromatic carbocycles. The van der Waals surface area contributed by atoms with Gasteiger partial charge in [-0.15, -0.1) is 0 Å². The maximum Gasteiger partial charge on any atom is 0.264 e. The summed E-state index contributed by atoms with van der Waals surface area (Å²) in [6.45, 7) is 36.0. The van der Waals surface area contributed by atoms with Crippen molar-refractivity contribution in [1.29, 1.82) is 0 Å². The van der Waals surface area contributed by atoms with E-state index in [1.165, 1.54) is 37.1 Å². The molecule has 0 bridgehead atoms. The molecule has 0 aliphatic heterocycles. The molecule has 20 rings (SSSR count). The molecule has 720 valence electrons. The van der Waals surface area contributed by atoms with Gasteiger partial charge in [-0.2, -0.15) is 0 Å². The van der Waals surface area contributed by atoms with Gasteiger partial charge in [0.05, 0.1) is 10.8 Å². The number of hydrogen-bond acceptors (Lipinski definition) is 0. The molecule has 0 fully saturated rings. The summed E-state index contributed by atoms with van der Waals surface area (Å²) in [4.78, 5) is 0. The predicted molar refractivity (Wildman–Crippen MR) is 553 cm³/mol. The Balaban J connectivity index is 0.000000149. The van der Waals surface area contributed by atoms with Crippen LogP contribution in [-0.2, 0) is 13.3 Å².